The van der Waals surface area contributed by atoms with Crippen molar-refractivity contribution in [1.82, 2.24) is 15.1 Å². The standard InChI is InChI=1S/C22H33N3O5/c1-5-29-20(27)22(23-18(4)26,21(28)30-6-2)16-25-13-11-24(12-14-25)15-19-10-8-7-9-17(19)3/h7-10H,5-6,11-16H2,1-4H3,(H,23,26). The highest BCUT2D eigenvalue weighted by Gasteiger charge is 2.51. The van der Waals surface area contributed by atoms with Gasteiger partial charge in [0.25, 0.3) is 0 Å². The molecule has 8 heteroatoms. The number of amides is 1. The van der Waals surface area contributed by atoms with Gasteiger partial charge in [-0.2, -0.15) is 0 Å². The van der Waals surface area contributed by atoms with Crippen molar-refractivity contribution in [3.63, 3.8) is 0 Å². The Morgan fingerprint density at radius 3 is 2.00 bits per heavy atom. The van der Waals surface area contributed by atoms with Crippen LogP contribution in [0.15, 0.2) is 24.3 Å². The van der Waals surface area contributed by atoms with Crippen LogP contribution in [0.4, 0.5) is 0 Å². The van der Waals surface area contributed by atoms with E-state index in [4.69, 9.17) is 9.47 Å². The summed E-state index contributed by atoms with van der Waals surface area (Å²) >= 11 is 0. The van der Waals surface area contributed by atoms with E-state index in [1.54, 1.807) is 13.8 Å². The predicted molar refractivity (Wildman–Crippen MR) is 113 cm³/mol. The second kappa shape index (κ2) is 11.1. The molecule has 0 spiro atoms. The molecule has 1 amide bonds. The van der Waals surface area contributed by atoms with Gasteiger partial charge in [0.2, 0.25) is 11.4 Å². The number of nitrogens with one attached hydrogen (secondary N) is 1. The third-order valence-corrected chi connectivity index (χ3v) is 5.22. The molecule has 30 heavy (non-hydrogen) atoms. The van der Waals surface area contributed by atoms with Crippen LogP contribution in [0.3, 0.4) is 0 Å². The molecule has 1 heterocycles. The number of carbonyl (C=O) groups excluding carboxylic acids is 3. The van der Waals surface area contributed by atoms with Gasteiger partial charge in [0.05, 0.1) is 13.2 Å². The first-order valence-electron chi connectivity index (χ1n) is 10.4. The van der Waals surface area contributed by atoms with Crippen molar-refractivity contribution < 1.29 is 23.9 Å². The molecule has 0 aromatic heterocycles. The lowest BCUT2D eigenvalue weighted by molar-refractivity contribution is -0.169. The summed E-state index contributed by atoms with van der Waals surface area (Å²) in [5.74, 6) is -2.07. The summed E-state index contributed by atoms with van der Waals surface area (Å²) in [5.41, 5.74) is 0.682. The van der Waals surface area contributed by atoms with E-state index in [1.807, 2.05) is 17.0 Å². The lowest BCUT2D eigenvalue weighted by atomic mass is 9.97. The Bertz CT molecular complexity index is 726. The second-order valence-electron chi connectivity index (χ2n) is 7.51. The van der Waals surface area contributed by atoms with Crippen LogP contribution in [0.1, 0.15) is 31.9 Å². The van der Waals surface area contributed by atoms with Gasteiger partial charge in [-0.15, -0.1) is 0 Å². The van der Waals surface area contributed by atoms with Gasteiger partial charge < -0.3 is 14.8 Å². The maximum Gasteiger partial charge on any atom is 0.345 e. The van der Waals surface area contributed by atoms with Crippen LogP contribution >= 0.6 is 0 Å². The number of rotatable bonds is 9. The molecule has 0 unspecified atom stereocenters. The van der Waals surface area contributed by atoms with E-state index in [0.717, 1.165) is 19.6 Å². The Balaban J connectivity index is 2.10. The number of ether oxygens (including phenoxy) is 2. The van der Waals surface area contributed by atoms with Gasteiger partial charge in [0.15, 0.2) is 0 Å². The fourth-order valence-electron chi connectivity index (χ4n) is 3.63. The minimum atomic E-state index is -1.87. The normalized spacial score (nSPS) is 15.5. The summed E-state index contributed by atoms with van der Waals surface area (Å²) in [6.45, 7) is 10.7. The Morgan fingerprint density at radius 2 is 1.50 bits per heavy atom. The van der Waals surface area contributed by atoms with Crippen LogP contribution in [0, 0.1) is 6.92 Å². The summed E-state index contributed by atoms with van der Waals surface area (Å²) in [6.07, 6.45) is 0. The third-order valence-electron chi connectivity index (χ3n) is 5.22. The van der Waals surface area contributed by atoms with Crippen molar-refractivity contribution in [2.75, 3.05) is 45.9 Å². The van der Waals surface area contributed by atoms with Crippen molar-refractivity contribution in [2.45, 2.75) is 39.8 Å². The first-order valence-corrected chi connectivity index (χ1v) is 10.4. The average Bonchev–Trinajstić information content (AvgIpc) is 2.70. The van der Waals surface area contributed by atoms with E-state index in [-0.39, 0.29) is 19.8 Å². The average molecular weight is 420 g/mol. The molecule has 1 aromatic carbocycles. The molecule has 1 saturated heterocycles. The van der Waals surface area contributed by atoms with E-state index in [9.17, 15) is 14.4 Å². The molecule has 0 saturated carbocycles. The maximum atomic E-state index is 12.8. The first-order chi connectivity index (χ1) is 14.3. The van der Waals surface area contributed by atoms with Crippen molar-refractivity contribution in [1.29, 1.82) is 0 Å². The molecule has 8 nitrogen and oxygen atoms in total. The van der Waals surface area contributed by atoms with Gasteiger partial charge in [-0.25, -0.2) is 9.59 Å². The molecule has 1 aromatic rings. The van der Waals surface area contributed by atoms with Gasteiger partial charge in [-0.3, -0.25) is 14.6 Å². The monoisotopic (exact) mass is 419 g/mol. The number of hydrogen-bond acceptors (Lipinski definition) is 7. The minimum Gasteiger partial charge on any atom is -0.464 e. The number of aryl methyl sites for hydroxylation is 1. The SMILES string of the molecule is CCOC(=O)C(CN1CCN(Cc2ccccc2C)CC1)(NC(C)=O)C(=O)OCC. The van der Waals surface area contributed by atoms with Gasteiger partial charge >= 0.3 is 11.9 Å². The number of benzene rings is 1. The van der Waals surface area contributed by atoms with Crippen LogP contribution in [0.5, 0.6) is 0 Å². The number of hydrogen-bond donors (Lipinski definition) is 1. The van der Waals surface area contributed by atoms with Crippen molar-refractivity contribution in [2.24, 2.45) is 0 Å². The first kappa shape index (κ1) is 23.8. The molecular weight excluding hydrogens is 386 g/mol. The largest absolute Gasteiger partial charge is 0.464 e. The molecule has 0 aliphatic carbocycles. The van der Waals surface area contributed by atoms with E-state index in [2.05, 4.69) is 29.3 Å². The zero-order valence-corrected chi connectivity index (χ0v) is 18.4. The lowest BCUT2D eigenvalue weighted by Gasteiger charge is -2.39. The Labute approximate surface area is 178 Å². The van der Waals surface area contributed by atoms with Crippen LogP contribution in [0.25, 0.3) is 0 Å². The summed E-state index contributed by atoms with van der Waals surface area (Å²) < 4.78 is 10.3. The summed E-state index contributed by atoms with van der Waals surface area (Å²) in [6, 6.07) is 8.30. The molecule has 1 fully saturated rings. The fraction of sp³-hybridized carbons (Fsp3) is 0.591. The topological polar surface area (TPSA) is 88.2 Å². The second-order valence-corrected chi connectivity index (χ2v) is 7.51. The predicted octanol–water partition coefficient (Wildman–Crippen LogP) is 1.11. The highest BCUT2D eigenvalue weighted by Crippen LogP contribution is 2.17. The van der Waals surface area contributed by atoms with Crippen LogP contribution in [-0.4, -0.2) is 79.1 Å². The Kier molecular flexibility index (Phi) is 8.80. The molecule has 0 radical (unpaired) electrons. The number of carbonyl (C=O) groups is 3. The molecule has 166 valence electrons. The summed E-state index contributed by atoms with van der Waals surface area (Å²) in [7, 11) is 0. The van der Waals surface area contributed by atoms with Crippen LogP contribution in [-0.2, 0) is 30.4 Å². The quantitative estimate of drug-likeness (QED) is 0.474. The number of nitrogens with zero attached hydrogens (tertiary/aromatic N) is 2. The van der Waals surface area contributed by atoms with Crippen LogP contribution < -0.4 is 5.32 Å². The van der Waals surface area contributed by atoms with Crippen molar-refractivity contribution in [3.8, 4) is 0 Å². The van der Waals surface area contributed by atoms with Gasteiger partial charge in [0, 0.05) is 46.2 Å². The molecular formula is C22H33N3O5. The maximum absolute atomic E-state index is 12.8. The van der Waals surface area contributed by atoms with E-state index in [0.29, 0.717) is 13.1 Å². The molecule has 1 aliphatic heterocycles. The van der Waals surface area contributed by atoms with Crippen molar-refractivity contribution >= 4 is 17.8 Å². The van der Waals surface area contributed by atoms with Crippen LogP contribution in [0.2, 0.25) is 0 Å². The minimum absolute atomic E-state index is 0.0163. The van der Waals surface area contributed by atoms with Crippen molar-refractivity contribution in [3.05, 3.63) is 35.4 Å². The highest BCUT2D eigenvalue weighted by molar-refractivity contribution is 6.08. The Morgan fingerprint density at radius 1 is 0.967 bits per heavy atom. The zero-order chi connectivity index (χ0) is 22.1. The highest BCUT2D eigenvalue weighted by atomic mass is 16.6. The molecule has 1 N–H and O–H groups in total. The third kappa shape index (κ3) is 6.03. The van der Waals surface area contributed by atoms with E-state index in [1.165, 1.54) is 18.1 Å². The van der Waals surface area contributed by atoms with Gasteiger partial charge in [0.1, 0.15) is 0 Å². The fourth-order valence-corrected chi connectivity index (χ4v) is 3.63. The van der Waals surface area contributed by atoms with Gasteiger partial charge in [-0.1, -0.05) is 24.3 Å². The molecule has 1 aliphatic rings. The number of piperazine rings is 1. The lowest BCUT2D eigenvalue weighted by Crippen LogP contribution is -2.67. The Hall–Kier alpha value is -2.45. The summed E-state index contributed by atoms with van der Waals surface area (Å²) in [4.78, 5) is 41.7. The molecule has 0 atom stereocenters. The van der Waals surface area contributed by atoms with E-state index < -0.39 is 23.4 Å². The number of esters is 2. The smallest absolute Gasteiger partial charge is 0.345 e. The van der Waals surface area contributed by atoms with Gasteiger partial charge in [-0.05, 0) is 31.9 Å². The molecule has 2 rings (SSSR count). The summed E-state index contributed by atoms with van der Waals surface area (Å²) in [5, 5.41) is 2.53. The zero-order valence-electron chi connectivity index (χ0n) is 18.4. The molecule has 0 bridgehead atoms. The van der Waals surface area contributed by atoms with E-state index >= 15 is 0 Å².